The molecule has 0 aromatic heterocycles. The number of anilines is 1. The molecule has 0 unspecified atom stereocenters. The Kier molecular flexibility index (Phi) is 6.81. The summed E-state index contributed by atoms with van der Waals surface area (Å²) in [4.78, 5) is 13.0. The number of nitrogens with zero attached hydrogens (tertiary/aromatic N) is 1. The van der Waals surface area contributed by atoms with Crippen molar-refractivity contribution >= 4 is 21.6 Å². The Bertz CT molecular complexity index is 1190. The second kappa shape index (κ2) is 9.35. The van der Waals surface area contributed by atoms with E-state index in [1.165, 1.54) is 23.5 Å². The van der Waals surface area contributed by atoms with Gasteiger partial charge in [0, 0.05) is 12.6 Å². The standard InChI is InChI=1S/C25H28N2O3S/c1-5-24(23-15-7-6-11-19(23)3)26-25(28)20-12-9-14-22(17-20)31(29,30)27(4)21-13-8-10-18(2)16-21/h6-17,24H,5H2,1-4H3,(H,26,28)/t24-/m0/s1. The minimum atomic E-state index is -3.80. The van der Waals surface area contributed by atoms with Crippen molar-refractivity contribution in [1.82, 2.24) is 5.32 Å². The summed E-state index contributed by atoms with van der Waals surface area (Å²) in [6, 6.07) is 21.2. The number of nitrogens with one attached hydrogen (secondary N) is 1. The number of carbonyl (C=O) groups excluding carboxylic acids is 1. The number of sulfonamides is 1. The van der Waals surface area contributed by atoms with Gasteiger partial charge >= 0.3 is 0 Å². The minimum Gasteiger partial charge on any atom is -0.345 e. The van der Waals surface area contributed by atoms with Gasteiger partial charge in [0.1, 0.15) is 0 Å². The maximum absolute atomic E-state index is 13.2. The lowest BCUT2D eigenvalue weighted by Crippen LogP contribution is -2.29. The number of carbonyl (C=O) groups is 1. The van der Waals surface area contributed by atoms with Gasteiger partial charge in [-0.05, 0) is 67.3 Å². The quantitative estimate of drug-likeness (QED) is 0.566. The molecule has 6 heteroatoms. The molecule has 1 N–H and O–H groups in total. The van der Waals surface area contributed by atoms with E-state index in [-0.39, 0.29) is 16.8 Å². The van der Waals surface area contributed by atoms with Crippen molar-refractivity contribution in [2.75, 3.05) is 11.4 Å². The van der Waals surface area contributed by atoms with Crippen molar-refractivity contribution in [2.24, 2.45) is 0 Å². The van der Waals surface area contributed by atoms with Gasteiger partial charge < -0.3 is 5.32 Å². The number of hydrogen-bond donors (Lipinski definition) is 1. The van der Waals surface area contributed by atoms with Crippen LogP contribution in [-0.2, 0) is 10.0 Å². The number of aryl methyl sites for hydroxylation is 2. The predicted octanol–water partition coefficient (Wildman–Crippen LogP) is 5.01. The van der Waals surface area contributed by atoms with Gasteiger partial charge in [0.2, 0.25) is 0 Å². The summed E-state index contributed by atoms with van der Waals surface area (Å²) >= 11 is 0. The van der Waals surface area contributed by atoms with Gasteiger partial charge in [0.25, 0.3) is 15.9 Å². The molecule has 0 fully saturated rings. The summed E-state index contributed by atoms with van der Waals surface area (Å²) in [6.45, 7) is 5.93. The zero-order valence-electron chi connectivity index (χ0n) is 18.3. The monoisotopic (exact) mass is 436 g/mol. The molecule has 0 aliphatic rings. The third-order valence-electron chi connectivity index (χ3n) is 5.40. The molecule has 3 aromatic carbocycles. The SMILES string of the molecule is CC[C@H](NC(=O)c1cccc(S(=O)(=O)N(C)c2cccc(C)c2)c1)c1ccccc1C. The Balaban J connectivity index is 1.86. The summed E-state index contributed by atoms with van der Waals surface area (Å²) in [5, 5.41) is 3.04. The highest BCUT2D eigenvalue weighted by Gasteiger charge is 2.23. The second-order valence-electron chi connectivity index (χ2n) is 7.63. The lowest BCUT2D eigenvalue weighted by molar-refractivity contribution is 0.0935. The van der Waals surface area contributed by atoms with Gasteiger partial charge in [0.15, 0.2) is 0 Å². The van der Waals surface area contributed by atoms with Crippen LogP contribution in [0.5, 0.6) is 0 Å². The number of amides is 1. The Morgan fingerprint density at radius 1 is 0.968 bits per heavy atom. The normalized spacial score (nSPS) is 12.3. The molecule has 0 aliphatic carbocycles. The summed E-state index contributed by atoms with van der Waals surface area (Å²) in [5.41, 5.74) is 4.01. The van der Waals surface area contributed by atoms with Crippen LogP contribution in [0, 0.1) is 13.8 Å². The van der Waals surface area contributed by atoms with Crippen molar-refractivity contribution in [1.29, 1.82) is 0 Å². The predicted molar refractivity (Wildman–Crippen MR) is 125 cm³/mol. The first-order valence-corrected chi connectivity index (χ1v) is 11.7. The van der Waals surface area contributed by atoms with Gasteiger partial charge in [0.05, 0.1) is 16.6 Å². The van der Waals surface area contributed by atoms with Gasteiger partial charge in [-0.2, -0.15) is 0 Å². The Labute approximate surface area is 184 Å². The van der Waals surface area contributed by atoms with E-state index in [1.807, 2.05) is 63.2 Å². The molecule has 0 heterocycles. The van der Waals surface area contributed by atoms with Crippen molar-refractivity contribution in [3.8, 4) is 0 Å². The van der Waals surface area contributed by atoms with E-state index in [4.69, 9.17) is 0 Å². The van der Waals surface area contributed by atoms with E-state index in [9.17, 15) is 13.2 Å². The van der Waals surface area contributed by atoms with E-state index < -0.39 is 10.0 Å². The molecular formula is C25H28N2O3S. The third-order valence-corrected chi connectivity index (χ3v) is 7.18. The second-order valence-corrected chi connectivity index (χ2v) is 9.60. The van der Waals surface area contributed by atoms with Gasteiger partial charge in [-0.15, -0.1) is 0 Å². The highest BCUT2D eigenvalue weighted by Crippen LogP contribution is 2.24. The highest BCUT2D eigenvalue weighted by atomic mass is 32.2. The fraction of sp³-hybridized carbons (Fsp3) is 0.240. The molecule has 1 atom stereocenters. The van der Waals surface area contributed by atoms with Crippen LogP contribution in [0.15, 0.2) is 77.7 Å². The summed E-state index contributed by atoms with van der Waals surface area (Å²) in [6.07, 6.45) is 0.727. The Morgan fingerprint density at radius 3 is 2.35 bits per heavy atom. The van der Waals surface area contributed by atoms with Crippen molar-refractivity contribution < 1.29 is 13.2 Å². The molecule has 0 saturated carbocycles. The molecule has 5 nitrogen and oxygen atoms in total. The molecule has 1 amide bonds. The largest absolute Gasteiger partial charge is 0.345 e. The molecule has 0 bridgehead atoms. The van der Waals surface area contributed by atoms with Gasteiger partial charge in [-0.25, -0.2) is 8.42 Å². The maximum Gasteiger partial charge on any atom is 0.264 e. The molecule has 0 saturated heterocycles. The van der Waals surface area contributed by atoms with Gasteiger partial charge in [-0.1, -0.05) is 49.4 Å². The van der Waals surface area contributed by atoms with Crippen LogP contribution in [-0.4, -0.2) is 21.4 Å². The van der Waals surface area contributed by atoms with E-state index in [1.54, 1.807) is 18.2 Å². The van der Waals surface area contributed by atoms with Crippen LogP contribution in [0.3, 0.4) is 0 Å². The molecule has 0 spiro atoms. The fourth-order valence-electron chi connectivity index (χ4n) is 3.54. The fourth-order valence-corrected chi connectivity index (χ4v) is 4.77. The first-order valence-electron chi connectivity index (χ1n) is 10.3. The van der Waals surface area contributed by atoms with Crippen LogP contribution in [0.25, 0.3) is 0 Å². The first-order chi connectivity index (χ1) is 14.7. The topological polar surface area (TPSA) is 66.5 Å². The van der Waals surface area contributed by atoms with Crippen LogP contribution < -0.4 is 9.62 Å². The van der Waals surface area contributed by atoms with E-state index in [0.717, 1.165) is 23.1 Å². The molecule has 31 heavy (non-hydrogen) atoms. The molecule has 0 aliphatic heterocycles. The maximum atomic E-state index is 13.2. The lowest BCUT2D eigenvalue weighted by atomic mass is 9.99. The van der Waals surface area contributed by atoms with E-state index in [2.05, 4.69) is 5.32 Å². The number of hydrogen-bond acceptors (Lipinski definition) is 3. The lowest BCUT2D eigenvalue weighted by Gasteiger charge is -2.21. The zero-order chi connectivity index (χ0) is 22.6. The van der Waals surface area contributed by atoms with E-state index in [0.29, 0.717) is 11.3 Å². The summed E-state index contributed by atoms with van der Waals surface area (Å²) in [7, 11) is -2.29. The minimum absolute atomic E-state index is 0.0769. The molecule has 162 valence electrons. The van der Waals surface area contributed by atoms with Crippen LogP contribution in [0.4, 0.5) is 5.69 Å². The van der Waals surface area contributed by atoms with Gasteiger partial charge in [-0.3, -0.25) is 9.10 Å². The molecule has 3 rings (SSSR count). The van der Waals surface area contributed by atoms with E-state index >= 15 is 0 Å². The Morgan fingerprint density at radius 2 is 1.68 bits per heavy atom. The first kappa shape index (κ1) is 22.6. The average molecular weight is 437 g/mol. The smallest absolute Gasteiger partial charge is 0.264 e. The molecular weight excluding hydrogens is 408 g/mol. The molecule has 0 radical (unpaired) electrons. The zero-order valence-corrected chi connectivity index (χ0v) is 19.1. The Hall–Kier alpha value is -3.12. The number of benzene rings is 3. The van der Waals surface area contributed by atoms with Crippen molar-refractivity contribution in [2.45, 2.75) is 38.1 Å². The summed E-state index contributed by atoms with van der Waals surface area (Å²) in [5.74, 6) is -0.301. The van der Waals surface area contributed by atoms with Crippen molar-refractivity contribution in [3.63, 3.8) is 0 Å². The molecule has 3 aromatic rings. The van der Waals surface area contributed by atoms with Crippen LogP contribution >= 0.6 is 0 Å². The van der Waals surface area contributed by atoms with Crippen LogP contribution in [0.1, 0.15) is 46.4 Å². The third kappa shape index (κ3) is 4.97. The average Bonchev–Trinajstić information content (AvgIpc) is 2.77. The number of rotatable bonds is 7. The van der Waals surface area contributed by atoms with Crippen LogP contribution in [0.2, 0.25) is 0 Å². The summed E-state index contributed by atoms with van der Waals surface area (Å²) < 4.78 is 27.6. The highest BCUT2D eigenvalue weighted by molar-refractivity contribution is 7.92. The van der Waals surface area contributed by atoms with Crippen molar-refractivity contribution in [3.05, 3.63) is 95.1 Å².